The molecule has 0 atom stereocenters. The van der Waals surface area contributed by atoms with E-state index in [4.69, 9.17) is 34.8 Å². The Labute approximate surface area is 74.8 Å². The smallest absolute Gasteiger partial charge is 0.216 e. The Morgan fingerprint density at radius 2 is 2.00 bits per heavy atom. The summed E-state index contributed by atoms with van der Waals surface area (Å²) < 4.78 is -1.26. The van der Waals surface area contributed by atoms with Gasteiger partial charge in [-0.25, -0.2) is 0 Å². The van der Waals surface area contributed by atoms with Crippen LogP contribution in [0.2, 0.25) is 0 Å². The van der Waals surface area contributed by atoms with Gasteiger partial charge in [0.05, 0.1) is 0 Å². The third kappa shape index (κ3) is 8.34. The Morgan fingerprint density at radius 1 is 1.50 bits per heavy atom. The zero-order chi connectivity index (χ0) is 8.20. The summed E-state index contributed by atoms with van der Waals surface area (Å²) in [5.41, 5.74) is 0. The van der Waals surface area contributed by atoms with Crippen LogP contribution in [0.25, 0.3) is 0 Å². The Balaban J connectivity index is 3.29. The predicted molar refractivity (Wildman–Crippen MR) is 43.6 cm³/mol. The molecule has 0 rings (SSSR count). The minimum atomic E-state index is -1.26. The van der Waals surface area contributed by atoms with Crippen LogP contribution in [0.1, 0.15) is 13.3 Å². The van der Waals surface area contributed by atoms with E-state index in [2.05, 4.69) is 5.32 Å². The van der Waals surface area contributed by atoms with Crippen LogP contribution in [-0.2, 0) is 4.79 Å². The molecule has 1 amide bonds. The number of carbonyl (C=O) groups is 1. The van der Waals surface area contributed by atoms with Crippen LogP contribution >= 0.6 is 34.8 Å². The number of carbonyl (C=O) groups excluding carboxylic acids is 1. The molecule has 0 radical (unpaired) electrons. The standard InChI is InChI=1S/C5H8Cl3NO/c1-4(10)9-3-2-5(6,7)8/h2-3H2,1H3,(H,9,10). The largest absolute Gasteiger partial charge is 0.356 e. The molecule has 0 saturated heterocycles. The van der Waals surface area contributed by atoms with E-state index in [1.54, 1.807) is 0 Å². The maximum atomic E-state index is 10.3. The Kier molecular flexibility index (Phi) is 4.41. The van der Waals surface area contributed by atoms with E-state index in [0.29, 0.717) is 13.0 Å². The molecule has 0 aliphatic heterocycles. The molecule has 1 N–H and O–H groups in total. The lowest BCUT2D eigenvalue weighted by molar-refractivity contribution is -0.118. The van der Waals surface area contributed by atoms with Crippen molar-refractivity contribution in [2.45, 2.75) is 17.1 Å². The van der Waals surface area contributed by atoms with Crippen molar-refractivity contribution in [1.82, 2.24) is 5.32 Å². The van der Waals surface area contributed by atoms with Gasteiger partial charge < -0.3 is 5.32 Å². The molecular formula is C5H8Cl3NO. The maximum Gasteiger partial charge on any atom is 0.216 e. The lowest BCUT2D eigenvalue weighted by atomic mass is 10.4. The Hall–Kier alpha value is 0.340. The topological polar surface area (TPSA) is 29.1 Å². The summed E-state index contributed by atoms with van der Waals surface area (Å²) in [6, 6.07) is 0. The van der Waals surface area contributed by atoms with Gasteiger partial charge >= 0.3 is 0 Å². The molecule has 0 spiro atoms. The number of hydrogen-bond acceptors (Lipinski definition) is 1. The van der Waals surface area contributed by atoms with Crippen molar-refractivity contribution < 1.29 is 4.79 Å². The van der Waals surface area contributed by atoms with Gasteiger partial charge in [0.25, 0.3) is 0 Å². The van der Waals surface area contributed by atoms with Crippen LogP contribution < -0.4 is 5.32 Å². The third-order valence-electron chi connectivity index (χ3n) is 0.782. The minimum Gasteiger partial charge on any atom is -0.356 e. The fourth-order valence-corrected chi connectivity index (χ4v) is 0.664. The van der Waals surface area contributed by atoms with Crippen LogP contribution in [-0.4, -0.2) is 16.2 Å². The average Bonchev–Trinajstić information content (AvgIpc) is 1.59. The summed E-state index contributed by atoms with van der Waals surface area (Å²) in [6.45, 7) is 1.81. The monoisotopic (exact) mass is 203 g/mol. The molecule has 5 heteroatoms. The van der Waals surface area contributed by atoms with E-state index in [9.17, 15) is 4.79 Å². The molecule has 2 nitrogen and oxygen atoms in total. The zero-order valence-electron chi connectivity index (χ0n) is 5.46. The van der Waals surface area contributed by atoms with Gasteiger partial charge in [-0.1, -0.05) is 34.8 Å². The van der Waals surface area contributed by atoms with Crippen LogP contribution in [0, 0.1) is 0 Å². The summed E-state index contributed by atoms with van der Waals surface area (Å²) in [5.74, 6) is -0.116. The highest BCUT2D eigenvalue weighted by Gasteiger charge is 2.18. The average molecular weight is 204 g/mol. The lowest BCUT2D eigenvalue weighted by Crippen LogP contribution is -2.24. The van der Waals surface area contributed by atoms with Crippen molar-refractivity contribution in [2.75, 3.05) is 6.54 Å². The first kappa shape index (κ1) is 10.3. The van der Waals surface area contributed by atoms with Crippen molar-refractivity contribution in [1.29, 1.82) is 0 Å². The molecule has 0 aliphatic rings. The van der Waals surface area contributed by atoms with Gasteiger partial charge in [-0.05, 0) is 0 Å². The second-order valence-corrected chi connectivity index (χ2v) is 4.36. The first-order chi connectivity index (χ1) is 4.42. The number of amides is 1. The van der Waals surface area contributed by atoms with E-state index in [-0.39, 0.29) is 5.91 Å². The van der Waals surface area contributed by atoms with Crippen molar-refractivity contribution in [3.8, 4) is 0 Å². The predicted octanol–water partition coefficient (Wildman–Crippen LogP) is 1.88. The molecule has 0 bridgehead atoms. The van der Waals surface area contributed by atoms with E-state index in [1.165, 1.54) is 6.92 Å². The number of alkyl halides is 3. The van der Waals surface area contributed by atoms with Crippen LogP contribution in [0.5, 0.6) is 0 Å². The number of rotatable bonds is 2. The molecule has 0 unspecified atom stereocenters. The van der Waals surface area contributed by atoms with Crippen molar-refractivity contribution in [2.24, 2.45) is 0 Å². The first-order valence-corrected chi connectivity index (χ1v) is 3.86. The highest BCUT2D eigenvalue weighted by molar-refractivity contribution is 6.67. The van der Waals surface area contributed by atoms with Crippen molar-refractivity contribution >= 4 is 40.7 Å². The van der Waals surface area contributed by atoms with Gasteiger partial charge in [-0.2, -0.15) is 0 Å². The number of hydrogen-bond donors (Lipinski definition) is 1. The highest BCUT2D eigenvalue weighted by Crippen LogP contribution is 2.29. The first-order valence-electron chi connectivity index (χ1n) is 2.73. The summed E-state index contributed by atoms with van der Waals surface area (Å²) in [6.07, 6.45) is 0.331. The molecule has 0 aromatic carbocycles. The van der Waals surface area contributed by atoms with Gasteiger partial charge in [-0.15, -0.1) is 0 Å². The normalized spacial score (nSPS) is 11.2. The highest BCUT2D eigenvalue weighted by atomic mass is 35.6. The van der Waals surface area contributed by atoms with Gasteiger partial charge in [0.2, 0.25) is 5.91 Å². The molecule has 10 heavy (non-hydrogen) atoms. The van der Waals surface area contributed by atoms with Crippen molar-refractivity contribution in [3.63, 3.8) is 0 Å². The third-order valence-corrected chi connectivity index (χ3v) is 1.35. The second-order valence-electron chi connectivity index (χ2n) is 1.85. The Bertz CT molecular complexity index is 121. The van der Waals surface area contributed by atoms with Crippen molar-refractivity contribution in [3.05, 3.63) is 0 Å². The molecule has 0 saturated carbocycles. The summed E-state index contributed by atoms with van der Waals surface area (Å²) >= 11 is 16.2. The maximum absolute atomic E-state index is 10.3. The van der Waals surface area contributed by atoms with Gasteiger partial charge in [0.1, 0.15) is 0 Å². The Morgan fingerprint density at radius 3 is 2.30 bits per heavy atom. The zero-order valence-corrected chi connectivity index (χ0v) is 7.72. The van der Waals surface area contributed by atoms with Crippen LogP contribution in [0.3, 0.4) is 0 Å². The van der Waals surface area contributed by atoms with Gasteiger partial charge in [-0.3, -0.25) is 4.79 Å². The van der Waals surface area contributed by atoms with Gasteiger partial charge in [0.15, 0.2) is 3.79 Å². The fourth-order valence-electron chi connectivity index (χ4n) is 0.380. The number of halogens is 3. The number of nitrogens with one attached hydrogen (secondary N) is 1. The quantitative estimate of drug-likeness (QED) is 0.684. The molecular weight excluding hydrogens is 196 g/mol. The molecule has 0 heterocycles. The minimum absolute atomic E-state index is 0.116. The van der Waals surface area contributed by atoms with Crippen LogP contribution in [0.4, 0.5) is 0 Å². The molecule has 60 valence electrons. The summed E-state index contributed by atoms with van der Waals surface area (Å²) in [7, 11) is 0. The molecule has 0 fully saturated rings. The SMILES string of the molecule is CC(=O)NCCC(Cl)(Cl)Cl. The molecule has 0 aliphatic carbocycles. The van der Waals surface area contributed by atoms with E-state index in [1.807, 2.05) is 0 Å². The second kappa shape index (κ2) is 4.27. The van der Waals surface area contributed by atoms with E-state index >= 15 is 0 Å². The summed E-state index contributed by atoms with van der Waals surface area (Å²) in [5, 5.41) is 2.51. The van der Waals surface area contributed by atoms with Crippen LogP contribution in [0.15, 0.2) is 0 Å². The summed E-state index contributed by atoms with van der Waals surface area (Å²) in [4.78, 5) is 10.3. The molecule has 0 aromatic heterocycles. The molecule has 0 aromatic rings. The van der Waals surface area contributed by atoms with Gasteiger partial charge in [0, 0.05) is 19.9 Å². The lowest BCUT2D eigenvalue weighted by Gasteiger charge is -2.09. The van der Waals surface area contributed by atoms with E-state index in [0.717, 1.165) is 0 Å². The fraction of sp³-hybridized carbons (Fsp3) is 0.800. The van der Waals surface area contributed by atoms with E-state index < -0.39 is 3.79 Å².